The largest absolute Gasteiger partial charge is 0.489 e. The van der Waals surface area contributed by atoms with Gasteiger partial charge in [0.1, 0.15) is 36.2 Å². The lowest BCUT2D eigenvalue weighted by molar-refractivity contribution is 0.352. The lowest BCUT2D eigenvalue weighted by atomic mass is 10.1. The first-order chi connectivity index (χ1) is 13.2. The van der Waals surface area contributed by atoms with Crippen molar-refractivity contribution in [3.63, 3.8) is 0 Å². The third kappa shape index (κ3) is 5.38. The summed E-state index contributed by atoms with van der Waals surface area (Å²) in [5.74, 6) is 2.97. The zero-order valence-corrected chi connectivity index (χ0v) is 15.7. The van der Waals surface area contributed by atoms with E-state index in [9.17, 15) is 0 Å². The molecule has 0 aliphatic rings. The average Bonchev–Trinajstić information content (AvgIpc) is 2.68. The van der Waals surface area contributed by atoms with E-state index in [0.29, 0.717) is 26.1 Å². The Balaban J connectivity index is 2.43. The quantitative estimate of drug-likeness (QED) is 0.429. The van der Waals surface area contributed by atoms with Gasteiger partial charge >= 0.3 is 0 Å². The number of hydrogen-bond acceptors (Lipinski definition) is 3. The molecule has 0 N–H and O–H groups in total. The Labute approximate surface area is 161 Å². The maximum Gasteiger partial charge on any atom is 0.134 e. The van der Waals surface area contributed by atoms with Gasteiger partial charge in [0.2, 0.25) is 0 Å². The number of hydrogen-bond donors (Lipinski definition) is 0. The summed E-state index contributed by atoms with van der Waals surface area (Å²) >= 11 is 0. The van der Waals surface area contributed by atoms with Crippen LogP contribution in [0.3, 0.4) is 0 Å². The van der Waals surface area contributed by atoms with Crippen molar-refractivity contribution < 1.29 is 14.2 Å². The zero-order chi connectivity index (χ0) is 19.5. The van der Waals surface area contributed by atoms with Crippen molar-refractivity contribution in [1.82, 2.24) is 0 Å². The van der Waals surface area contributed by atoms with Crippen LogP contribution >= 0.6 is 0 Å². The molecule has 2 rings (SSSR count). The molecular formula is C24H26O3. The molecule has 2 aromatic rings. The van der Waals surface area contributed by atoms with Gasteiger partial charge in [0, 0.05) is 11.1 Å². The fourth-order valence-corrected chi connectivity index (χ4v) is 2.66. The number of rotatable bonds is 12. The van der Waals surface area contributed by atoms with Crippen LogP contribution in [-0.4, -0.2) is 13.2 Å². The van der Waals surface area contributed by atoms with Crippen LogP contribution in [0.1, 0.15) is 11.1 Å². The third-order valence-corrected chi connectivity index (χ3v) is 3.81. The summed E-state index contributed by atoms with van der Waals surface area (Å²) in [7, 11) is 0. The molecule has 0 aliphatic carbocycles. The molecule has 0 spiro atoms. The van der Waals surface area contributed by atoms with Gasteiger partial charge < -0.3 is 14.2 Å². The second kappa shape index (κ2) is 10.7. The minimum Gasteiger partial charge on any atom is -0.489 e. The van der Waals surface area contributed by atoms with Crippen LogP contribution in [0.25, 0.3) is 0 Å². The maximum atomic E-state index is 6.28. The molecule has 140 valence electrons. The summed E-state index contributed by atoms with van der Waals surface area (Å²) in [4.78, 5) is 0. The predicted molar refractivity (Wildman–Crippen MR) is 112 cm³/mol. The van der Waals surface area contributed by atoms with Gasteiger partial charge in [-0.1, -0.05) is 49.6 Å². The highest BCUT2D eigenvalue weighted by Crippen LogP contribution is 2.37. The van der Waals surface area contributed by atoms with Crippen molar-refractivity contribution in [3.8, 4) is 23.0 Å². The van der Waals surface area contributed by atoms with Crippen LogP contribution in [-0.2, 0) is 12.8 Å². The van der Waals surface area contributed by atoms with E-state index in [-0.39, 0.29) is 0 Å². The van der Waals surface area contributed by atoms with Gasteiger partial charge in [0.25, 0.3) is 0 Å². The highest BCUT2D eigenvalue weighted by Gasteiger charge is 2.14. The van der Waals surface area contributed by atoms with Gasteiger partial charge in [-0.3, -0.25) is 0 Å². The summed E-state index contributed by atoms with van der Waals surface area (Å²) in [5.41, 5.74) is 1.88. The van der Waals surface area contributed by atoms with Crippen molar-refractivity contribution in [1.29, 1.82) is 0 Å². The fourth-order valence-electron chi connectivity index (χ4n) is 2.66. The molecule has 0 amide bonds. The number of allylic oxidation sites excluding steroid dienone is 2. The van der Waals surface area contributed by atoms with Crippen molar-refractivity contribution in [2.24, 2.45) is 0 Å². The minimum absolute atomic E-state index is 0.431. The van der Waals surface area contributed by atoms with Gasteiger partial charge in [-0.25, -0.2) is 0 Å². The van der Waals surface area contributed by atoms with Gasteiger partial charge in [0.15, 0.2) is 0 Å². The zero-order valence-electron chi connectivity index (χ0n) is 15.7. The second-order valence-corrected chi connectivity index (χ2v) is 5.75. The normalized spacial score (nSPS) is 9.93. The van der Waals surface area contributed by atoms with E-state index in [4.69, 9.17) is 14.2 Å². The maximum absolute atomic E-state index is 6.28. The van der Waals surface area contributed by atoms with Crippen LogP contribution in [0.2, 0.25) is 0 Å². The summed E-state index contributed by atoms with van der Waals surface area (Å²) in [6, 6.07) is 11.5. The van der Waals surface area contributed by atoms with E-state index in [2.05, 4.69) is 26.3 Å². The first-order valence-corrected chi connectivity index (χ1v) is 8.85. The molecule has 0 radical (unpaired) electrons. The molecule has 27 heavy (non-hydrogen) atoms. The van der Waals surface area contributed by atoms with E-state index in [1.54, 1.807) is 12.2 Å². The van der Waals surface area contributed by atoms with Gasteiger partial charge in [-0.05, 0) is 37.1 Å². The standard InChI is InChI=1S/C24H26O3/c1-5-11-19-21(25-17-7-3)13-9-15-23(19)27-24-16-10-14-22(26-18-8-4)20(24)12-6-2/h5-10,13-16H,1-4,11-12,17-18H2. The Morgan fingerprint density at radius 1 is 0.593 bits per heavy atom. The van der Waals surface area contributed by atoms with Gasteiger partial charge in [-0.15, -0.1) is 13.2 Å². The first-order valence-electron chi connectivity index (χ1n) is 8.85. The lowest BCUT2D eigenvalue weighted by Gasteiger charge is -2.18. The predicted octanol–water partition coefficient (Wildman–Crippen LogP) is 6.07. The fraction of sp³-hybridized carbons (Fsp3) is 0.167. The Morgan fingerprint density at radius 2 is 1.00 bits per heavy atom. The smallest absolute Gasteiger partial charge is 0.134 e. The highest BCUT2D eigenvalue weighted by molar-refractivity contribution is 5.52. The summed E-state index contributed by atoms with van der Waals surface area (Å²) in [6.45, 7) is 16.0. The number of ether oxygens (including phenoxy) is 3. The van der Waals surface area contributed by atoms with Crippen LogP contribution in [0.15, 0.2) is 87.0 Å². The second-order valence-electron chi connectivity index (χ2n) is 5.75. The Morgan fingerprint density at radius 3 is 1.37 bits per heavy atom. The molecule has 0 fully saturated rings. The van der Waals surface area contributed by atoms with Crippen LogP contribution in [0, 0.1) is 0 Å². The number of benzene rings is 2. The Bertz CT molecular complexity index is 738. The van der Waals surface area contributed by atoms with Crippen molar-refractivity contribution >= 4 is 0 Å². The Hall–Kier alpha value is -3.20. The van der Waals surface area contributed by atoms with Gasteiger partial charge in [0.05, 0.1) is 0 Å². The van der Waals surface area contributed by atoms with E-state index >= 15 is 0 Å². The molecule has 3 nitrogen and oxygen atoms in total. The molecule has 0 bridgehead atoms. The lowest BCUT2D eigenvalue weighted by Crippen LogP contribution is -2.02. The molecule has 0 saturated heterocycles. The summed E-state index contributed by atoms with van der Waals surface area (Å²) in [6.07, 6.45) is 8.36. The van der Waals surface area contributed by atoms with Crippen molar-refractivity contribution in [3.05, 3.63) is 98.1 Å². The first kappa shape index (κ1) is 20.1. The van der Waals surface area contributed by atoms with Crippen molar-refractivity contribution in [2.45, 2.75) is 12.8 Å². The molecule has 0 aliphatic heterocycles. The highest BCUT2D eigenvalue weighted by atomic mass is 16.5. The molecule has 0 saturated carbocycles. The van der Waals surface area contributed by atoms with Crippen LogP contribution in [0.5, 0.6) is 23.0 Å². The minimum atomic E-state index is 0.431. The molecule has 2 aromatic carbocycles. The van der Waals surface area contributed by atoms with Gasteiger partial charge in [-0.2, -0.15) is 0 Å². The Kier molecular flexibility index (Phi) is 7.98. The summed E-state index contributed by atoms with van der Waals surface area (Å²) < 4.78 is 17.8. The molecule has 0 unspecified atom stereocenters. The van der Waals surface area contributed by atoms with E-state index < -0.39 is 0 Å². The molecule has 0 atom stereocenters. The van der Waals surface area contributed by atoms with Crippen molar-refractivity contribution in [2.75, 3.05) is 13.2 Å². The molecule has 0 heterocycles. The SMILES string of the molecule is C=CCOc1cccc(Oc2cccc(OCC=C)c2CC=C)c1CC=C. The van der Waals surface area contributed by atoms with E-state index in [1.807, 2.05) is 48.6 Å². The monoisotopic (exact) mass is 362 g/mol. The third-order valence-electron chi connectivity index (χ3n) is 3.81. The topological polar surface area (TPSA) is 27.7 Å². The summed E-state index contributed by atoms with van der Waals surface area (Å²) in [5, 5.41) is 0. The molecule has 0 aromatic heterocycles. The molecule has 3 heteroatoms. The average molecular weight is 362 g/mol. The molecular weight excluding hydrogens is 336 g/mol. The van der Waals surface area contributed by atoms with Crippen LogP contribution < -0.4 is 14.2 Å². The van der Waals surface area contributed by atoms with Crippen LogP contribution in [0.4, 0.5) is 0 Å². The van der Waals surface area contributed by atoms with E-state index in [0.717, 1.165) is 34.1 Å². The van der Waals surface area contributed by atoms with E-state index in [1.165, 1.54) is 0 Å².